The molecule has 0 saturated carbocycles. The summed E-state index contributed by atoms with van der Waals surface area (Å²) in [4.78, 5) is 16.6. The van der Waals surface area contributed by atoms with E-state index in [0.717, 1.165) is 5.56 Å². The Morgan fingerprint density at radius 1 is 1.19 bits per heavy atom. The number of carbonyl (C=O) groups excluding carboxylic acids is 1. The van der Waals surface area contributed by atoms with Gasteiger partial charge in [0.25, 0.3) is 5.91 Å². The van der Waals surface area contributed by atoms with Gasteiger partial charge < -0.3 is 23.9 Å². The molecule has 0 unspecified atom stereocenters. The number of carbonyl (C=O) groups is 1. The summed E-state index contributed by atoms with van der Waals surface area (Å²) in [6, 6.07) is 10.6. The smallest absolute Gasteiger partial charge is 0.255 e. The van der Waals surface area contributed by atoms with E-state index in [1.807, 2.05) is 18.2 Å². The van der Waals surface area contributed by atoms with E-state index in [-0.39, 0.29) is 5.91 Å². The topological polar surface area (TPSA) is 82.8 Å². The summed E-state index contributed by atoms with van der Waals surface area (Å²) in [6.07, 6.45) is 2.98. The van der Waals surface area contributed by atoms with Crippen molar-refractivity contribution in [1.29, 1.82) is 0 Å². The van der Waals surface area contributed by atoms with Crippen LogP contribution in [0.3, 0.4) is 0 Å². The Morgan fingerprint density at radius 2 is 2.08 bits per heavy atom. The lowest BCUT2D eigenvalue weighted by Gasteiger charge is -2.21. The molecule has 0 atom stereocenters. The minimum atomic E-state index is -0.282. The quantitative estimate of drug-likeness (QED) is 0.775. The monoisotopic (exact) mass is 352 g/mol. The summed E-state index contributed by atoms with van der Waals surface area (Å²) in [6.45, 7) is 0.879. The van der Waals surface area contributed by atoms with Crippen LogP contribution in [0.1, 0.15) is 10.4 Å². The average molecular weight is 352 g/mol. The third kappa shape index (κ3) is 3.06. The third-order valence-electron chi connectivity index (χ3n) is 3.93. The van der Waals surface area contributed by atoms with Crippen LogP contribution in [-0.4, -0.2) is 31.2 Å². The molecule has 0 spiro atoms. The van der Waals surface area contributed by atoms with Gasteiger partial charge in [-0.2, -0.15) is 0 Å². The number of ether oxygens (including phenoxy) is 3. The zero-order chi connectivity index (χ0) is 17.9. The van der Waals surface area contributed by atoms with E-state index >= 15 is 0 Å². The Labute approximate surface area is 149 Å². The molecule has 7 nitrogen and oxygen atoms in total. The molecule has 0 aliphatic carbocycles. The molecule has 0 bridgehead atoms. The predicted octanol–water partition coefficient (Wildman–Crippen LogP) is 3.37. The van der Waals surface area contributed by atoms with Crippen molar-refractivity contribution < 1.29 is 23.4 Å². The highest BCUT2D eigenvalue weighted by Crippen LogP contribution is 2.40. The summed E-state index contributed by atoms with van der Waals surface area (Å²) in [5, 5.41) is 2.87. The van der Waals surface area contributed by atoms with E-state index in [2.05, 4.69) is 10.3 Å². The molecule has 1 aromatic heterocycles. The van der Waals surface area contributed by atoms with E-state index in [4.69, 9.17) is 18.6 Å². The van der Waals surface area contributed by atoms with Crippen molar-refractivity contribution in [3.8, 4) is 28.6 Å². The molecule has 26 heavy (non-hydrogen) atoms. The highest BCUT2D eigenvalue weighted by atomic mass is 16.6. The maximum absolute atomic E-state index is 12.7. The van der Waals surface area contributed by atoms with Gasteiger partial charge in [-0.15, -0.1) is 0 Å². The molecule has 1 aliphatic heterocycles. The first-order valence-corrected chi connectivity index (χ1v) is 8.02. The Kier molecular flexibility index (Phi) is 4.18. The van der Waals surface area contributed by atoms with Gasteiger partial charge in [0, 0.05) is 16.8 Å². The highest BCUT2D eigenvalue weighted by Gasteiger charge is 2.21. The van der Waals surface area contributed by atoms with E-state index in [1.54, 1.807) is 24.4 Å². The number of fused-ring (bicyclic) bond motifs is 1. The molecule has 2 aromatic carbocycles. The lowest BCUT2D eigenvalue weighted by Crippen LogP contribution is -2.18. The van der Waals surface area contributed by atoms with E-state index in [9.17, 15) is 4.79 Å². The van der Waals surface area contributed by atoms with Crippen molar-refractivity contribution in [3.05, 3.63) is 54.6 Å². The van der Waals surface area contributed by atoms with Gasteiger partial charge in [0.2, 0.25) is 5.75 Å². The molecule has 4 rings (SSSR count). The first kappa shape index (κ1) is 16.0. The molecular weight excluding hydrogens is 336 g/mol. The molecule has 1 N–H and O–H groups in total. The predicted molar refractivity (Wildman–Crippen MR) is 93.9 cm³/mol. The number of methoxy groups -OCH3 is 1. The minimum absolute atomic E-state index is 0.282. The summed E-state index contributed by atoms with van der Waals surface area (Å²) in [5.41, 5.74) is 1.87. The second-order valence-corrected chi connectivity index (χ2v) is 5.60. The molecule has 2 heterocycles. The van der Waals surface area contributed by atoms with Crippen LogP contribution >= 0.6 is 0 Å². The largest absolute Gasteiger partial charge is 0.493 e. The molecule has 3 aromatic rings. The van der Waals surface area contributed by atoms with E-state index in [1.165, 1.54) is 13.5 Å². The first-order chi connectivity index (χ1) is 12.7. The van der Waals surface area contributed by atoms with Crippen LogP contribution < -0.4 is 19.5 Å². The van der Waals surface area contributed by atoms with Crippen molar-refractivity contribution in [2.75, 3.05) is 25.6 Å². The SMILES string of the molecule is COc1cc(C(=O)Nc2cccc(-c3cnco3)c2)cc2c1OCCO2. The maximum atomic E-state index is 12.7. The van der Waals surface area contributed by atoms with E-state index in [0.29, 0.717) is 47.5 Å². The molecular formula is C19H16N2O5. The summed E-state index contributed by atoms with van der Waals surface area (Å²) < 4.78 is 21.7. The van der Waals surface area contributed by atoms with Crippen LogP contribution in [0, 0.1) is 0 Å². The van der Waals surface area contributed by atoms with Gasteiger partial charge in [0.05, 0.1) is 13.3 Å². The zero-order valence-corrected chi connectivity index (χ0v) is 14.0. The fraction of sp³-hybridized carbons (Fsp3) is 0.158. The Bertz CT molecular complexity index is 920. The number of hydrogen-bond donors (Lipinski definition) is 1. The summed E-state index contributed by atoms with van der Waals surface area (Å²) in [7, 11) is 1.52. The molecule has 1 aliphatic rings. The molecule has 1 amide bonds. The van der Waals surface area contributed by atoms with Gasteiger partial charge in [-0.3, -0.25) is 4.79 Å². The van der Waals surface area contributed by atoms with Crippen LogP contribution in [0.25, 0.3) is 11.3 Å². The Balaban J connectivity index is 1.60. The minimum Gasteiger partial charge on any atom is -0.493 e. The molecule has 132 valence electrons. The fourth-order valence-corrected chi connectivity index (χ4v) is 2.72. The van der Waals surface area contributed by atoms with Crippen molar-refractivity contribution in [2.45, 2.75) is 0 Å². The standard InChI is InChI=1S/C19H16N2O5/c1-23-15-8-13(9-16-18(15)25-6-5-24-16)19(22)21-14-4-2-3-12(7-14)17-10-20-11-26-17/h2-4,7-11H,5-6H2,1H3,(H,21,22). The number of aromatic nitrogens is 1. The second-order valence-electron chi connectivity index (χ2n) is 5.60. The summed E-state index contributed by atoms with van der Waals surface area (Å²) >= 11 is 0. The number of benzene rings is 2. The number of nitrogens with one attached hydrogen (secondary N) is 1. The number of rotatable bonds is 4. The molecule has 0 fully saturated rings. The van der Waals surface area contributed by atoms with Gasteiger partial charge in [-0.1, -0.05) is 12.1 Å². The van der Waals surface area contributed by atoms with E-state index < -0.39 is 0 Å². The lowest BCUT2D eigenvalue weighted by molar-refractivity contribution is 0.102. The highest BCUT2D eigenvalue weighted by molar-refractivity contribution is 6.05. The summed E-state index contributed by atoms with van der Waals surface area (Å²) in [5.74, 6) is 1.82. The van der Waals surface area contributed by atoms with Crippen LogP contribution in [0.15, 0.2) is 53.4 Å². The zero-order valence-electron chi connectivity index (χ0n) is 14.0. The van der Waals surface area contributed by atoms with Crippen molar-refractivity contribution >= 4 is 11.6 Å². The lowest BCUT2D eigenvalue weighted by atomic mass is 10.1. The first-order valence-electron chi connectivity index (χ1n) is 8.02. The number of hydrogen-bond acceptors (Lipinski definition) is 6. The Hall–Kier alpha value is -3.48. The van der Waals surface area contributed by atoms with Gasteiger partial charge in [-0.05, 0) is 24.3 Å². The average Bonchev–Trinajstić information content (AvgIpc) is 3.22. The normalized spacial score (nSPS) is 12.5. The van der Waals surface area contributed by atoms with Gasteiger partial charge >= 0.3 is 0 Å². The number of amides is 1. The van der Waals surface area contributed by atoms with Crippen LogP contribution in [0.4, 0.5) is 5.69 Å². The van der Waals surface area contributed by atoms with Crippen LogP contribution in [0.2, 0.25) is 0 Å². The van der Waals surface area contributed by atoms with Crippen LogP contribution in [0.5, 0.6) is 17.2 Å². The molecule has 0 saturated heterocycles. The van der Waals surface area contributed by atoms with Crippen molar-refractivity contribution in [2.24, 2.45) is 0 Å². The number of oxazole rings is 1. The molecule has 0 radical (unpaired) electrons. The molecule has 7 heteroatoms. The number of nitrogens with zero attached hydrogens (tertiary/aromatic N) is 1. The fourth-order valence-electron chi connectivity index (χ4n) is 2.72. The second kappa shape index (κ2) is 6.79. The number of anilines is 1. The van der Waals surface area contributed by atoms with Crippen molar-refractivity contribution in [3.63, 3.8) is 0 Å². The third-order valence-corrected chi connectivity index (χ3v) is 3.93. The Morgan fingerprint density at radius 3 is 2.88 bits per heavy atom. The maximum Gasteiger partial charge on any atom is 0.255 e. The van der Waals surface area contributed by atoms with Gasteiger partial charge in [0.1, 0.15) is 13.2 Å². The van der Waals surface area contributed by atoms with Crippen LogP contribution in [-0.2, 0) is 0 Å². The van der Waals surface area contributed by atoms with Gasteiger partial charge in [0.15, 0.2) is 23.7 Å². The van der Waals surface area contributed by atoms with Crippen molar-refractivity contribution in [1.82, 2.24) is 4.98 Å². The van der Waals surface area contributed by atoms with Gasteiger partial charge in [-0.25, -0.2) is 4.98 Å².